The van der Waals surface area contributed by atoms with Crippen LogP contribution in [0.1, 0.15) is 32.6 Å². The van der Waals surface area contributed by atoms with Crippen LogP contribution in [0.4, 0.5) is 0 Å². The summed E-state index contributed by atoms with van der Waals surface area (Å²) in [4.78, 5) is 11.9. The van der Waals surface area contributed by atoms with Crippen molar-refractivity contribution in [3.05, 3.63) is 0 Å². The number of morpholine rings is 1. The van der Waals surface area contributed by atoms with Gasteiger partial charge in [-0.05, 0) is 25.7 Å². The minimum atomic E-state index is -0.171. The highest BCUT2D eigenvalue weighted by Gasteiger charge is 2.28. The second-order valence-electron chi connectivity index (χ2n) is 4.90. The van der Waals surface area contributed by atoms with E-state index in [1.807, 2.05) is 6.92 Å². The molecule has 4 heteroatoms. The topological polar surface area (TPSA) is 50.4 Å². The van der Waals surface area contributed by atoms with Crippen LogP contribution in [0.15, 0.2) is 0 Å². The zero-order chi connectivity index (χ0) is 11.4. The summed E-state index contributed by atoms with van der Waals surface area (Å²) in [6.45, 7) is 4.26. The van der Waals surface area contributed by atoms with Gasteiger partial charge in [0.25, 0.3) is 0 Å². The van der Waals surface area contributed by atoms with Gasteiger partial charge in [-0.25, -0.2) is 0 Å². The number of amides is 1. The molecule has 0 unspecified atom stereocenters. The molecule has 2 rings (SSSR count). The second kappa shape index (κ2) is 5.64. The van der Waals surface area contributed by atoms with Gasteiger partial charge in [0.05, 0.1) is 12.7 Å². The highest BCUT2D eigenvalue weighted by Crippen LogP contribution is 2.23. The highest BCUT2D eigenvalue weighted by molar-refractivity contribution is 5.82. The standard InChI is InChI=1S/C12H22N2O2/c1-9-11(13-6-7-16-9)12(15)14-8-10-4-2-3-5-10/h9-11,13H,2-8H2,1H3,(H,14,15)/t9-,11+/m1/s1. The van der Waals surface area contributed by atoms with Gasteiger partial charge in [0.1, 0.15) is 6.04 Å². The van der Waals surface area contributed by atoms with E-state index in [1.165, 1.54) is 25.7 Å². The Bertz CT molecular complexity index is 239. The fourth-order valence-corrected chi connectivity index (χ4v) is 2.60. The largest absolute Gasteiger partial charge is 0.375 e. The molecule has 1 heterocycles. The fraction of sp³-hybridized carbons (Fsp3) is 0.917. The summed E-state index contributed by atoms with van der Waals surface area (Å²) in [5.41, 5.74) is 0. The Labute approximate surface area is 97.1 Å². The van der Waals surface area contributed by atoms with E-state index in [1.54, 1.807) is 0 Å². The molecule has 2 N–H and O–H groups in total. The van der Waals surface area contributed by atoms with E-state index >= 15 is 0 Å². The molecular formula is C12H22N2O2. The first kappa shape index (κ1) is 11.9. The van der Waals surface area contributed by atoms with Gasteiger partial charge < -0.3 is 15.4 Å². The molecule has 1 amide bonds. The number of hydrogen-bond donors (Lipinski definition) is 2. The van der Waals surface area contributed by atoms with Crippen molar-refractivity contribution in [3.8, 4) is 0 Å². The molecule has 0 aromatic carbocycles. The van der Waals surface area contributed by atoms with Crippen LogP contribution in [0.25, 0.3) is 0 Å². The van der Waals surface area contributed by atoms with E-state index in [0.717, 1.165) is 13.1 Å². The summed E-state index contributed by atoms with van der Waals surface area (Å²) < 4.78 is 5.46. The maximum atomic E-state index is 11.9. The molecule has 2 atom stereocenters. The third-order valence-electron chi connectivity index (χ3n) is 3.64. The lowest BCUT2D eigenvalue weighted by molar-refractivity contribution is -0.129. The highest BCUT2D eigenvalue weighted by atomic mass is 16.5. The van der Waals surface area contributed by atoms with Gasteiger partial charge in [0, 0.05) is 13.1 Å². The van der Waals surface area contributed by atoms with Gasteiger partial charge in [-0.2, -0.15) is 0 Å². The monoisotopic (exact) mass is 226 g/mol. The van der Waals surface area contributed by atoms with E-state index in [-0.39, 0.29) is 18.1 Å². The van der Waals surface area contributed by atoms with Gasteiger partial charge in [-0.1, -0.05) is 12.8 Å². The van der Waals surface area contributed by atoms with Gasteiger partial charge >= 0.3 is 0 Å². The summed E-state index contributed by atoms with van der Waals surface area (Å²) in [5.74, 6) is 0.794. The minimum absolute atomic E-state index is 0.0164. The molecule has 0 bridgehead atoms. The second-order valence-corrected chi connectivity index (χ2v) is 4.90. The molecule has 1 aliphatic heterocycles. The number of nitrogens with one attached hydrogen (secondary N) is 2. The Hall–Kier alpha value is -0.610. The third-order valence-corrected chi connectivity index (χ3v) is 3.64. The van der Waals surface area contributed by atoms with Crippen LogP contribution < -0.4 is 10.6 Å². The van der Waals surface area contributed by atoms with E-state index in [9.17, 15) is 4.79 Å². The molecule has 0 aromatic heterocycles. The smallest absolute Gasteiger partial charge is 0.239 e. The molecule has 0 radical (unpaired) electrons. The summed E-state index contributed by atoms with van der Waals surface area (Å²) in [6.07, 6.45) is 5.16. The molecule has 16 heavy (non-hydrogen) atoms. The Morgan fingerprint density at radius 1 is 1.44 bits per heavy atom. The van der Waals surface area contributed by atoms with Crippen LogP contribution in [0.5, 0.6) is 0 Å². The van der Waals surface area contributed by atoms with E-state index in [0.29, 0.717) is 12.5 Å². The SMILES string of the molecule is C[C@H]1OCCN[C@@H]1C(=O)NCC1CCCC1. The molecule has 0 spiro atoms. The summed E-state index contributed by atoms with van der Waals surface area (Å²) in [6, 6.07) is -0.171. The van der Waals surface area contributed by atoms with Crippen LogP contribution in [0, 0.1) is 5.92 Å². The zero-order valence-electron chi connectivity index (χ0n) is 10.00. The lowest BCUT2D eigenvalue weighted by atomic mass is 10.1. The van der Waals surface area contributed by atoms with Crippen molar-refractivity contribution < 1.29 is 9.53 Å². The molecule has 1 aliphatic carbocycles. The van der Waals surface area contributed by atoms with Gasteiger partial charge in [0.2, 0.25) is 5.91 Å². The lowest BCUT2D eigenvalue weighted by Gasteiger charge is -2.29. The van der Waals surface area contributed by atoms with E-state index in [4.69, 9.17) is 4.74 Å². The average molecular weight is 226 g/mol. The summed E-state index contributed by atoms with van der Waals surface area (Å²) >= 11 is 0. The molecule has 2 fully saturated rings. The number of rotatable bonds is 3. The first-order chi connectivity index (χ1) is 7.77. The van der Waals surface area contributed by atoms with Gasteiger partial charge in [0.15, 0.2) is 0 Å². The van der Waals surface area contributed by atoms with Crippen LogP contribution >= 0.6 is 0 Å². The van der Waals surface area contributed by atoms with Gasteiger partial charge in [-0.3, -0.25) is 4.79 Å². The maximum Gasteiger partial charge on any atom is 0.239 e. The van der Waals surface area contributed by atoms with E-state index in [2.05, 4.69) is 10.6 Å². The Morgan fingerprint density at radius 2 is 2.19 bits per heavy atom. The minimum Gasteiger partial charge on any atom is -0.375 e. The molecule has 4 nitrogen and oxygen atoms in total. The molecule has 1 saturated carbocycles. The molecule has 2 aliphatic rings. The van der Waals surface area contributed by atoms with Crippen LogP contribution in [-0.2, 0) is 9.53 Å². The lowest BCUT2D eigenvalue weighted by Crippen LogP contribution is -2.55. The third kappa shape index (κ3) is 2.95. The first-order valence-corrected chi connectivity index (χ1v) is 6.40. The van der Waals surface area contributed by atoms with Gasteiger partial charge in [-0.15, -0.1) is 0 Å². The number of carbonyl (C=O) groups excluding carboxylic acids is 1. The molecule has 1 saturated heterocycles. The van der Waals surface area contributed by atoms with Crippen molar-refractivity contribution in [1.29, 1.82) is 0 Å². The Morgan fingerprint density at radius 3 is 2.88 bits per heavy atom. The quantitative estimate of drug-likeness (QED) is 0.743. The Balaban J connectivity index is 1.73. The normalized spacial score (nSPS) is 31.6. The van der Waals surface area contributed by atoms with E-state index < -0.39 is 0 Å². The number of ether oxygens (including phenoxy) is 1. The van der Waals surface area contributed by atoms with Crippen LogP contribution in [0.2, 0.25) is 0 Å². The van der Waals surface area contributed by atoms with Crippen molar-refractivity contribution in [2.45, 2.75) is 44.8 Å². The van der Waals surface area contributed by atoms with Crippen molar-refractivity contribution in [2.24, 2.45) is 5.92 Å². The summed E-state index contributed by atoms with van der Waals surface area (Å²) in [7, 11) is 0. The molecule has 0 aromatic rings. The first-order valence-electron chi connectivity index (χ1n) is 6.40. The maximum absolute atomic E-state index is 11.9. The predicted octanol–water partition coefficient (Wildman–Crippen LogP) is 0.670. The number of hydrogen-bond acceptors (Lipinski definition) is 3. The Kier molecular flexibility index (Phi) is 4.18. The van der Waals surface area contributed by atoms with Crippen molar-refractivity contribution in [2.75, 3.05) is 19.7 Å². The predicted molar refractivity (Wildman–Crippen MR) is 62.2 cm³/mol. The average Bonchev–Trinajstić information content (AvgIpc) is 2.79. The molecule has 92 valence electrons. The summed E-state index contributed by atoms with van der Waals surface area (Å²) in [5, 5.41) is 6.25. The molecular weight excluding hydrogens is 204 g/mol. The zero-order valence-corrected chi connectivity index (χ0v) is 10.00. The van der Waals surface area contributed by atoms with Crippen LogP contribution in [-0.4, -0.2) is 37.7 Å². The van der Waals surface area contributed by atoms with Crippen molar-refractivity contribution >= 4 is 5.91 Å². The van der Waals surface area contributed by atoms with Crippen molar-refractivity contribution in [1.82, 2.24) is 10.6 Å². The van der Waals surface area contributed by atoms with Crippen LogP contribution in [0.3, 0.4) is 0 Å². The fourth-order valence-electron chi connectivity index (χ4n) is 2.60. The van der Waals surface area contributed by atoms with Crippen molar-refractivity contribution in [3.63, 3.8) is 0 Å². The number of carbonyl (C=O) groups is 1.